The quantitative estimate of drug-likeness (QED) is 0.599. The van der Waals surface area contributed by atoms with Crippen molar-refractivity contribution >= 4 is 30.9 Å². The van der Waals surface area contributed by atoms with Crippen molar-refractivity contribution in [2.75, 3.05) is 14.2 Å². The van der Waals surface area contributed by atoms with E-state index in [0.29, 0.717) is 24.6 Å². The highest BCUT2D eigenvalue weighted by Gasteiger charge is 2.22. The molecule has 0 atom stereocenters. The Balaban J connectivity index is 1.70. The molecule has 2 rings (SSSR count). The molecule has 120 valence electrons. The monoisotopic (exact) mass is 363 g/mol. The van der Waals surface area contributed by atoms with E-state index >= 15 is 0 Å². The second kappa shape index (κ2) is 9.36. The van der Waals surface area contributed by atoms with Gasteiger partial charge in [0.05, 0.1) is 24.6 Å². The second-order valence-corrected chi connectivity index (χ2v) is 6.95. The van der Waals surface area contributed by atoms with Gasteiger partial charge in [-0.25, -0.2) is 9.97 Å². The van der Waals surface area contributed by atoms with Gasteiger partial charge < -0.3 is 9.47 Å². The molecule has 0 bridgehead atoms. The van der Waals surface area contributed by atoms with Crippen molar-refractivity contribution in [3.8, 4) is 0 Å². The Hall–Kier alpha value is -0.800. The number of ether oxygens (including phenoxy) is 2. The van der Waals surface area contributed by atoms with Crippen molar-refractivity contribution in [2.45, 2.75) is 26.4 Å². The number of methoxy groups -OCH3 is 2. The van der Waals surface area contributed by atoms with Crippen LogP contribution in [-0.4, -0.2) is 24.2 Å². The summed E-state index contributed by atoms with van der Waals surface area (Å²) >= 11 is 2.94. The van der Waals surface area contributed by atoms with Gasteiger partial charge in [0, 0.05) is 29.5 Å². The van der Waals surface area contributed by atoms with Crippen molar-refractivity contribution < 1.29 is 23.1 Å². The molecule has 2 aromatic rings. The molecule has 7 nitrogen and oxygen atoms in total. The van der Waals surface area contributed by atoms with Crippen molar-refractivity contribution in [3.05, 3.63) is 32.2 Å². The highest BCUT2D eigenvalue weighted by Crippen LogP contribution is 2.28. The van der Waals surface area contributed by atoms with E-state index in [9.17, 15) is 4.57 Å². The Morgan fingerprint density at radius 1 is 0.909 bits per heavy atom. The van der Waals surface area contributed by atoms with E-state index in [2.05, 4.69) is 9.97 Å². The summed E-state index contributed by atoms with van der Waals surface area (Å²) in [6.07, 6.45) is 0. The zero-order valence-electron chi connectivity index (χ0n) is 12.2. The highest BCUT2D eigenvalue weighted by molar-refractivity contribution is 7.33. The molecular formula is C12H16N2O5PS2+. The molecule has 0 amide bonds. The number of thiazole rings is 2. The number of hydrogen-bond donors (Lipinski definition) is 0. The molecule has 0 fully saturated rings. The van der Waals surface area contributed by atoms with E-state index in [1.165, 1.54) is 22.7 Å². The van der Waals surface area contributed by atoms with E-state index < -0.39 is 8.25 Å². The molecule has 22 heavy (non-hydrogen) atoms. The van der Waals surface area contributed by atoms with Gasteiger partial charge in [-0.1, -0.05) is 0 Å². The average molecular weight is 363 g/mol. The van der Waals surface area contributed by atoms with Gasteiger partial charge in [0.15, 0.2) is 0 Å². The molecular weight excluding hydrogens is 347 g/mol. The molecule has 2 aromatic heterocycles. The van der Waals surface area contributed by atoms with Crippen LogP contribution in [0.5, 0.6) is 0 Å². The maximum absolute atomic E-state index is 11.7. The SMILES string of the molecule is COCc1nc(CO[P+](=O)OCc2csc(COC)n2)cs1. The Morgan fingerprint density at radius 3 is 1.77 bits per heavy atom. The van der Waals surface area contributed by atoms with Crippen LogP contribution in [0.3, 0.4) is 0 Å². The topological polar surface area (TPSA) is 79.8 Å². The largest absolute Gasteiger partial charge is 0.698 e. The molecule has 0 unspecified atom stereocenters. The van der Waals surface area contributed by atoms with Crippen LogP contribution in [-0.2, 0) is 49.5 Å². The summed E-state index contributed by atoms with van der Waals surface area (Å²) in [7, 11) is 1.01. The molecule has 0 spiro atoms. The van der Waals surface area contributed by atoms with E-state index in [0.717, 1.165) is 10.0 Å². The minimum absolute atomic E-state index is 0.140. The first-order chi connectivity index (χ1) is 10.7. The molecule has 0 aliphatic carbocycles. The van der Waals surface area contributed by atoms with Crippen LogP contribution < -0.4 is 0 Å². The van der Waals surface area contributed by atoms with Crippen LogP contribution in [0.2, 0.25) is 0 Å². The predicted molar refractivity (Wildman–Crippen MR) is 82.8 cm³/mol. The van der Waals surface area contributed by atoms with Crippen molar-refractivity contribution in [3.63, 3.8) is 0 Å². The van der Waals surface area contributed by atoms with E-state index in [-0.39, 0.29) is 13.2 Å². The summed E-state index contributed by atoms with van der Waals surface area (Å²) in [5.74, 6) is 0. The van der Waals surface area contributed by atoms with Gasteiger partial charge in [0.1, 0.15) is 23.2 Å². The van der Waals surface area contributed by atoms with Gasteiger partial charge in [-0.3, -0.25) is 0 Å². The van der Waals surface area contributed by atoms with Crippen LogP contribution in [0.25, 0.3) is 0 Å². The third-order valence-electron chi connectivity index (χ3n) is 2.37. The van der Waals surface area contributed by atoms with Crippen LogP contribution in [0.4, 0.5) is 0 Å². The maximum atomic E-state index is 11.7. The summed E-state index contributed by atoms with van der Waals surface area (Å²) in [5, 5.41) is 5.39. The van der Waals surface area contributed by atoms with E-state index in [1.807, 2.05) is 10.8 Å². The number of aromatic nitrogens is 2. The van der Waals surface area contributed by atoms with Gasteiger partial charge >= 0.3 is 8.25 Å². The van der Waals surface area contributed by atoms with E-state index in [1.54, 1.807) is 14.2 Å². The van der Waals surface area contributed by atoms with Crippen molar-refractivity contribution in [1.29, 1.82) is 0 Å². The Kier molecular flexibility index (Phi) is 7.47. The van der Waals surface area contributed by atoms with Gasteiger partial charge in [-0.05, 0) is 0 Å². The zero-order valence-corrected chi connectivity index (χ0v) is 14.7. The second-order valence-electron chi connectivity index (χ2n) is 4.10. The highest BCUT2D eigenvalue weighted by atomic mass is 32.1. The number of hydrogen-bond acceptors (Lipinski definition) is 9. The lowest BCUT2D eigenvalue weighted by Crippen LogP contribution is -1.92. The molecule has 2 heterocycles. The number of nitrogens with zero attached hydrogens (tertiary/aromatic N) is 2. The summed E-state index contributed by atoms with van der Waals surface area (Å²) in [5.41, 5.74) is 1.42. The fourth-order valence-electron chi connectivity index (χ4n) is 1.48. The van der Waals surface area contributed by atoms with Gasteiger partial charge in [0.25, 0.3) is 0 Å². The predicted octanol–water partition coefficient (Wildman–Crippen LogP) is 3.28. The Morgan fingerprint density at radius 2 is 1.36 bits per heavy atom. The minimum atomic E-state index is -2.21. The summed E-state index contributed by atoms with van der Waals surface area (Å²) in [4.78, 5) is 8.55. The van der Waals surface area contributed by atoms with Crippen LogP contribution in [0.15, 0.2) is 10.8 Å². The third kappa shape index (κ3) is 5.77. The standard InChI is InChI=1S/C12H16N2O5PS2/c1-16-5-11-13-9(7-21-11)3-18-20(15)19-4-10-8-22-12(14-10)6-17-2/h7-8H,3-6H2,1-2H3/q+1. The molecule has 0 radical (unpaired) electrons. The lowest BCUT2D eigenvalue weighted by atomic mass is 10.5. The van der Waals surface area contributed by atoms with Crippen LogP contribution in [0, 0.1) is 0 Å². The normalized spacial score (nSPS) is 11.0. The van der Waals surface area contributed by atoms with Crippen LogP contribution in [0.1, 0.15) is 21.4 Å². The minimum Gasteiger partial charge on any atom is -0.378 e. The first-order valence-electron chi connectivity index (χ1n) is 6.28. The third-order valence-corrected chi connectivity index (χ3v) is 4.79. The van der Waals surface area contributed by atoms with Crippen molar-refractivity contribution in [1.82, 2.24) is 9.97 Å². The fraction of sp³-hybridized carbons (Fsp3) is 0.500. The lowest BCUT2D eigenvalue weighted by molar-refractivity contribution is 0.183. The fourth-order valence-corrected chi connectivity index (χ4v) is 3.53. The summed E-state index contributed by atoms with van der Waals surface area (Å²) < 4.78 is 31.9. The first kappa shape index (κ1) is 17.6. The molecule has 0 saturated carbocycles. The van der Waals surface area contributed by atoms with Crippen molar-refractivity contribution in [2.24, 2.45) is 0 Å². The molecule has 0 aliphatic heterocycles. The lowest BCUT2D eigenvalue weighted by Gasteiger charge is -1.92. The molecule has 0 aliphatic rings. The first-order valence-corrected chi connectivity index (χ1v) is 9.14. The number of rotatable bonds is 10. The Bertz CT molecular complexity index is 554. The Labute approximate surface area is 137 Å². The van der Waals surface area contributed by atoms with E-state index in [4.69, 9.17) is 18.5 Å². The van der Waals surface area contributed by atoms with Gasteiger partial charge in [-0.15, -0.1) is 31.7 Å². The molecule has 0 N–H and O–H groups in total. The van der Waals surface area contributed by atoms with Gasteiger partial charge in [0.2, 0.25) is 0 Å². The maximum Gasteiger partial charge on any atom is 0.698 e. The zero-order chi connectivity index (χ0) is 15.8. The summed E-state index contributed by atoms with van der Waals surface area (Å²) in [6, 6.07) is 0. The smallest absolute Gasteiger partial charge is 0.378 e. The summed E-state index contributed by atoms with van der Waals surface area (Å²) in [6.45, 7) is 1.20. The molecule has 10 heteroatoms. The molecule has 0 saturated heterocycles. The van der Waals surface area contributed by atoms with Crippen LogP contribution >= 0.6 is 30.9 Å². The van der Waals surface area contributed by atoms with Gasteiger partial charge in [-0.2, -0.15) is 0 Å². The molecule has 0 aromatic carbocycles. The average Bonchev–Trinajstić information content (AvgIpc) is 3.13.